The van der Waals surface area contributed by atoms with Crippen molar-refractivity contribution < 1.29 is 4.79 Å². The number of carbonyl (C=O) groups is 1. The van der Waals surface area contributed by atoms with E-state index in [4.69, 9.17) is 5.26 Å². The number of nitrogens with zero attached hydrogens (tertiary/aromatic N) is 3. The number of anilines is 1. The molecule has 0 bridgehead atoms. The minimum atomic E-state index is -0.00337. The summed E-state index contributed by atoms with van der Waals surface area (Å²) in [4.78, 5) is 14.9. The van der Waals surface area contributed by atoms with Crippen LogP contribution in [-0.4, -0.2) is 38.5 Å². The first-order valence-corrected chi connectivity index (χ1v) is 5.86. The molecule has 0 atom stereocenters. The minimum Gasteiger partial charge on any atom is -0.364 e. The molecule has 90 valence electrons. The van der Waals surface area contributed by atoms with Gasteiger partial charge in [-0.25, -0.2) is 0 Å². The lowest BCUT2D eigenvalue weighted by Gasteiger charge is -2.22. The lowest BCUT2D eigenvalue weighted by atomic mass is 10.2. The smallest absolute Gasteiger partial charge is 0.241 e. The van der Waals surface area contributed by atoms with Gasteiger partial charge >= 0.3 is 0 Å². The van der Waals surface area contributed by atoms with Crippen molar-refractivity contribution in [3.8, 4) is 6.07 Å². The van der Waals surface area contributed by atoms with E-state index in [0.29, 0.717) is 5.56 Å². The van der Waals surface area contributed by atoms with Crippen LogP contribution in [0.3, 0.4) is 0 Å². The predicted octanol–water partition coefficient (Wildman–Crippen LogP) is 1.85. The van der Waals surface area contributed by atoms with Crippen LogP contribution in [0.15, 0.2) is 22.7 Å². The standard InChI is InChI=1S/C12H14BrN3O/c1-15(2)12(17)8-16(3)11-6-4-5-10(13)9(11)7-14/h4-6H,8H2,1-3H3. The molecule has 0 aliphatic rings. The van der Waals surface area contributed by atoms with Crippen LogP contribution < -0.4 is 4.90 Å². The Morgan fingerprint density at radius 1 is 1.41 bits per heavy atom. The molecule has 0 heterocycles. The number of amides is 1. The van der Waals surface area contributed by atoms with Crippen molar-refractivity contribution in [2.75, 3.05) is 32.6 Å². The topological polar surface area (TPSA) is 47.3 Å². The van der Waals surface area contributed by atoms with Gasteiger partial charge in [0.15, 0.2) is 0 Å². The van der Waals surface area contributed by atoms with E-state index in [2.05, 4.69) is 22.0 Å². The summed E-state index contributed by atoms with van der Waals surface area (Å²) in [6, 6.07) is 7.61. The normalized spacial score (nSPS) is 9.59. The van der Waals surface area contributed by atoms with Gasteiger partial charge in [0.05, 0.1) is 17.8 Å². The highest BCUT2D eigenvalue weighted by Gasteiger charge is 2.13. The predicted molar refractivity (Wildman–Crippen MR) is 70.8 cm³/mol. The fourth-order valence-corrected chi connectivity index (χ4v) is 1.82. The van der Waals surface area contributed by atoms with Crippen LogP contribution in [-0.2, 0) is 4.79 Å². The zero-order chi connectivity index (χ0) is 13.0. The van der Waals surface area contributed by atoms with E-state index in [9.17, 15) is 4.79 Å². The van der Waals surface area contributed by atoms with Crippen molar-refractivity contribution in [2.24, 2.45) is 0 Å². The van der Waals surface area contributed by atoms with Gasteiger partial charge in [-0.15, -0.1) is 0 Å². The van der Waals surface area contributed by atoms with Crippen molar-refractivity contribution >= 4 is 27.5 Å². The van der Waals surface area contributed by atoms with Gasteiger partial charge in [0.2, 0.25) is 5.91 Å². The monoisotopic (exact) mass is 295 g/mol. The van der Waals surface area contributed by atoms with Crippen LogP contribution in [0, 0.1) is 11.3 Å². The van der Waals surface area contributed by atoms with Gasteiger partial charge < -0.3 is 9.80 Å². The molecule has 0 unspecified atom stereocenters. The van der Waals surface area contributed by atoms with E-state index < -0.39 is 0 Å². The van der Waals surface area contributed by atoms with E-state index in [-0.39, 0.29) is 12.5 Å². The number of rotatable bonds is 3. The third-order valence-corrected chi connectivity index (χ3v) is 3.05. The minimum absolute atomic E-state index is 0.00337. The lowest BCUT2D eigenvalue weighted by molar-refractivity contribution is -0.127. The maximum absolute atomic E-state index is 11.6. The highest BCUT2D eigenvalue weighted by Crippen LogP contribution is 2.26. The fraction of sp³-hybridized carbons (Fsp3) is 0.333. The zero-order valence-corrected chi connectivity index (χ0v) is 11.7. The van der Waals surface area contributed by atoms with Crippen LogP contribution in [0.1, 0.15) is 5.56 Å². The molecule has 4 nitrogen and oxygen atoms in total. The van der Waals surface area contributed by atoms with Crippen LogP contribution in [0.2, 0.25) is 0 Å². The Morgan fingerprint density at radius 3 is 2.59 bits per heavy atom. The maximum Gasteiger partial charge on any atom is 0.241 e. The molecule has 1 aromatic rings. The highest BCUT2D eigenvalue weighted by atomic mass is 79.9. The van der Waals surface area contributed by atoms with Crippen molar-refractivity contribution in [1.29, 1.82) is 5.26 Å². The zero-order valence-electron chi connectivity index (χ0n) is 10.1. The third-order valence-electron chi connectivity index (χ3n) is 2.39. The number of likely N-dealkylation sites (N-methyl/N-ethyl adjacent to an activating group) is 2. The number of nitriles is 1. The summed E-state index contributed by atoms with van der Waals surface area (Å²) in [5.41, 5.74) is 1.29. The molecule has 1 rings (SSSR count). The Hall–Kier alpha value is -1.54. The van der Waals surface area contributed by atoms with E-state index in [1.165, 1.54) is 4.90 Å². The van der Waals surface area contributed by atoms with Gasteiger partial charge in [0, 0.05) is 25.6 Å². The first-order valence-electron chi connectivity index (χ1n) is 5.07. The van der Waals surface area contributed by atoms with E-state index >= 15 is 0 Å². The second-order valence-corrected chi connectivity index (χ2v) is 4.74. The Labute approximate surface area is 110 Å². The molecular weight excluding hydrogens is 282 g/mol. The SMILES string of the molecule is CN(C)C(=O)CN(C)c1cccc(Br)c1C#N. The molecule has 0 saturated heterocycles. The summed E-state index contributed by atoms with van der Waals surface area (Å²) in [5.74, 6) is -0.00337. The number of benzene rings is 1. The lowest BCUT2D eigenvalue weighted by Crippen LogP contribution is -2.34. The summed E-state index contributed by atoms with van der Waals surface area (Å²) in [7, 11) is 5.22. The van der Waals surface area contributed by atoms with E-state index in [1.807, 2.05) is 18.2 Å². The summed E-state index contributed by atoms with van der Waals surface area (Å²) in [6.45, 7) is 0.248. The molecule has 1 aromatic carbocycles. The van der Waals surface area contributed by atoms with Gasteiger partial charge in [0.1, 0.15) is 6.07 Å². The average Bonchev–Trinajstić information content (AvgIpc) is 2.28. The molecule has 5 heteroatoms. The molecular formula is C12H14BrN3O. The summed E-state index contributed by atoms with van der Waals surface area (Å²) in [6.07, 6.45) is 0. The van der Waals surface area contributed by atoms with Crippen LogP contribution in [0.25, 0.3) is 0 Å². The van der Waals surface area contributed by atoms with Gasteiger partial charge in [-0.2, -0.15) is 5.26 Å². The first-order chi connectivity index (χ1) is 7.97. The molecule has 17 heavy (non-hydrogen) atoms. The summed E-state index contributed by atoms with van der Waals surface area (Å²) < 4.78 is 0.738. The molecule has 0 saturated carbocycles. The van der Waals surface area contributed by atoms with Crippen molar-refractivity contribution in [2.45, 2.75) is 0 Å². The molecule has 1 amide bonds. The molecule has 0 aliphatic carbocycles. The number of hydrogen-bond acceptors (Lipinski definition) is 3. The van der Waals surface area contributed by atoms with Crippen molar-refractivity contribution in [3.63, 3.8) is 0 Å². The van der Waals surface area contributed by atoms with Crippen LogP contribution in [0.4, 0.5) is 5.69 Å². The van der Waals surface area contributed by atoms with Crippen LogP contribution in [0.5, 0.6) is 0 Å². The Kier molecular flexibility index (Phi) is 4.53. The first kappa shape index (κ1) is 13.5. The molecule has 0 radical (unpaired) electrons. The second-order valence-electron chi connectivity index (χ2n) is 3.89. The third kappa shape index (κ3) is 3.21. The van der Waals surface area contributed by atoms with Gasteiger partial charge in [-0.1, -0.05) is 6.07 Å². The number of hydrogen-bond donors (Lipinski definition) is 0. The van der Waals surface area contributed by atoms with Crippen LogP contribution >= 0.6 is 15.9 Å². The molecule has 0 fully saturated rings. The Morgan fingerprint density at radius 2 is 2.06 bits per heavy atom. The summed E-state index contributed by atoms with van der Waals surface area (Å²) >= 11 is 3.33. The van der Waals surface area contributed by atoms with Gasteiger partial charge in [-0.3, -0.25) is 4.79 Å². The maximum atomic E-state index is 11.6. The molecule has 0 aromatic heterocycles. The average molecular weight is 296 g/mol. The van der Waals surface area contributed by atoms with E-state index in [0.717, 1.165) is 10.2 Å². The quantitative estimate of drug-likeness (QED) is 0.855. The Balaban J connectivity index is 2.98. The highest BCUT2D eigenvalue weighted by molar-refractivity contribution is 9.10. The van der Waals surface area contributed by atoms with Crippen molar-refractivity contribution in [3.05, 3.63) is 28.2 Å². The summed E-state index contributed by atoms with van der Waals surface area (Å²) in [5, 5.41) is 9.09. The van der Waals surface area contributed by atoms with Crippen molar-refractivity contribution in [1.82, 2.24) is 4.90 Å². The van der Waals surface area contributed by atoms with E-state index in [1.54, 1.807) is 26.0 Å². The molecule has 0 aliphatic heterocycles. The van der Waals surface area contributed by atoms with Gasteiger partial charge in [0.25, 0.3) is 0 Å². The number of halogens is 1. The Bertz CT molecular complexity index is 465. The largest absolute Gasteiger partial charge is 0.364 e. The van der Waals surface area contributed by atoms with Gasteiger partial charge in [-0.05, 0) is 28.1 Å². The molecule has 0 spiro atoms. The number of carbonyl (C=O) groups excluding carboxylic acids is 1. The fourth-order valence-electron chi connectivity index (χ4n) is 1.37. The second kappa shape index (κ2) is 5.69. The molecule has 0 N–H and O–H groups in total.